The predicted octanol–water partition coefficient (Wildman–Crippen LogP) is 4.60. The van der Waals surface area contributed by atoms with Gasteiger partial charge in [-0.25, -0.2) is 9.37 Å². The number of carbonyl (C=O) groups is 1. The van der Waals surface area contributed by atoms with Gasteiger partial charge in [0.2, 0.25) is 5.78 Å². The van der Waals surface area contributed by atoms with Gasteiger partial charge in [-0.1, -0.05) is 23.7 Å². The Balaban J connectivity index is 1.75. The zero-order chi connectivity index (χ0) is 18.7. The summed E-state index contributed by atoms with van der Waals surface area (Å²) < 4.78 is 20.6. The van der Waals surface area contributed by atoms with Crippen LogP contribution in [0.2, 0.25) is 5.15 Å². The Labute approximate surface area is 156 Å². The molecule has 0 aliphatic heterocycles. The van der Waals surface area contributed by atoms with Crippen molar-refractivity contribution < 1.29 is 13.9 Å². The molecule has 0 spiro atoms. The van der Waals surface area contributed by atoms with Crippen LogP contribution in [-0.4, -0.2) is 21.9 Å². The van der Waals surface area contributed by atoms with Gasteiger partial charge in [0.05, 0.1) is 0 Å². The summed E-state index contributed by atoms with van der Waals surface area (Å²) in [5.41, 5.74) is 3.36. The molecular weight excluding hydrogens is 355 g/mol. The lowest BCUT2D eigenvalue weighted by Crippen LogP contribution is -2.13. The van der Waals surface area contributed by atoms with Gasteiger partial charge in [0, 0.05) is 29.7 Å². The summed E-state index contributed by atoms with van der Waals surface area (Å²) in [6.07, 6.45) is 1.56. The van der Waals surface area contributed by atoms with Crippen LogP contribution in [0.5, 0.6) is 5.75 Å². The molecule has 1 aromatic carbocycles. The highest BCUT2D eigenvalue weighted by molar-refractivity contribution is 6.30. The number of halogens is 2. The number of hydrogen-bond donors (Lipinski definition) is 0. The molecule has 0 amide bonds. The Kier molecular flexibility index (Phi) is 5.38. The van der Waals surface area contributed by atoms with Gasteiger partial charge in [0.25, 0.3) is 0 Å². The lowest BCUT2D eigenvalue weighted by Gasteiger charge is -2.10. The quantitative estimate of drug-likeness (QED) is 0.469. The number of aryl methyl sites for hydroxylation is 1. The maximum Gasteiger partial charge on any atom is 0.202 e. The zero-order valence-corrected chi connectivity index (χ0v) is 15.3. The second kappa shape index (κ2) is 7.70. The standard InChI is InChI=1S/C20H18ClFN2O2/c1-13-10-17(18(25)12-26-19-4-3-9-23-20(19)21)14(2)24(13)11-15-5-7-16(22)8-6-15/h3-10H,11-12H2,1-2H3. The van der Waals surface area contributed by atoms with Gasteiger partial charge in [-0.3, -0.25) is 4.79 Å². The van der Waals surface area contributed by atoms with Gasteiger partial charge < -0.3 is 9.30 Å². The maximum absolute atomic E-state index is 13.1. The lowest BCUT2D eigenvalue weighted by atomic mass is 10.1. The van der Waals surface area contributed by atoms with Gasteiger partial charge in [-0.15, -0.1) is 0 Å². The van der Waals surface area contributed by atoms with Crippen molar-refractivity contribution in [3.05, 3.63) is 82.1 Å². The molecule has 0 unspecified atom stereocenters. The van der Waals surface area contributed by atoms with Crippen molar-refractivity contribution in [3.8, 4) is 5.75 Å². The van der Waals surface area contributed by atoms with Crippen molar-refractivity contribution in [2.75, 3.05) is 6.61 Å². The van der Waals surface area contributed by atoms with Crippen LogP contribution in [0.15, 0.2) is 48.7 Å². The topological polar surface area (TPSA) is 44.1 Å². The number of carbonyl (C=O) groups excluding carboxylic acids is 1. The van der Waals surface area contributed by atoms with Crippen molar-refractivity contribution in [2.45, 2.75) is 20.4 Å². The van der Waals surface area contributed by atoms with E-state index in [1.54, 1.807) is 30.5 Å². The fraction of sp³-hybridized carbons (Fsp3) is 0.200. The molecule has 0 aliphatic carbocycles. The molecule has 0 atom stereocenters. The first-order valence-corrected chi connectivity index (χ1v) is 8.51. The average molecular weight is 373 g/mol. The van der Waals surface area contributed by atoms with Crippen LogP contribution in [0.4, 0.5) is 4.39 Å². The van der Waals surface area contributed by atoms with E-state index in [0.717, 1.165) is 17.0 Å². The number of rotatable bonds is 6. The van der Waals surface area contributed by atoms with Gasteiger partial charge in [0.15, 0.2) is 17.5 Å². The predicted molar refractivity (Wildman–Crippen MR) is 98.5 cm³/mol. The number of ketones is 1. The molecule has 134 valence electrons. The Bertz CT molecular complexity index is 935. The summed E-state index contributed by atoms with van der Waals surface area (Å²) in [6.45, 7) is 4.28. The van der Waals surface area contributed by atoms with Crippen LogP contribution in [0.1, 0.15) is 27.3 Å². The number of pyridine rings is 1. The molecule has 0 N–H and O–H groups in total. The fourth-order valence-electron chi connectivity index (χ4n) is 2.80. The third kappa shape index (κ3) is 3.94. The summed E-state index contributed by atoms with van der Waals surface area (Å²) >= 11 is 5.94. The highest BCUT2D eigenvalue weighted by Gasteiger charge is 2.17. The van der Waals surface area contributed by atoms with Crippen molar-refractivity contribution >= 4 is 17.4 Å². The maximum atomic E-state index is 13.1. The van der Waals surface area contributed by atoms with Gasteiger partial charge >= 0.3 is 0 Å². The van der Waals surface area contributed by atoms with Gasteiger partial charge in [-0.05, 0) is 49.7 Å². The van der Waals surface area contributed by atoms with E-state index >= 15 is 0 Å². The first-order chi connectivity index (χ1) is 12.5. The number of aromatic nitrogens is 2. The molecule has 0 fully saturated rings. The monoisotopic (exact) mass is 372 g/mol. The third-order valence-electron chi connectivity index (χ3n) is 4.21. The molecule has 0 radical (unpaired) electrons. The molecule has 26 heavy (non-hydrogen) atoms. The minimum absolute atomic E-state index is 0.119. The van der Waals surface area contributed by atoms with Crippen LogP contribution in [0, 0.1) is 19.7 Å². The molecule has 3 aromatic rings. The lowest BCUT2D eigenvalue weighted by molar-refractivity contribution is 0.0920. The van der Waals surface area contributed by atoms with Crippen LogP contribution in [-0.2, 0) is 6.54 Å². The number of benzene rings is 1. The van der Waals surface area contributed by atoms with Crippen LogP contribution in [0.3, 0.4) is 0 Å². The molecule has 6 heteroatoms. The van der Waals surface area contributed by atoms with E-state index in [0.29, 0.717) is 17.9 Å². The number of ether oxygens (including phenoxy) is 1. The Hall–Kier alpha value is -2.66. The number of hydrogen-bond acceptors (Lipinski definition) is 3. The highest BCUT2D eigenvalue weighted by atomic mass is 35.5. The van der Waals surface area contributed by atoms with Crippen molar-refractivity contribution in [1.29, 1.82) is 0 Å². The van der Waals surface area contributed by atoms with Gasteiger partial charge in [0.1, 0.15) is 5.82 Å². The van der Waals surface area contributed by atoms with E-state index in [9.17, 15) is 9.18 Å². The summed E-state index contributed by atoms with van der Waals surface area (Å²) in [5, 5.41) is 0.224. The molecule has 3 rings (SSSR count). The van der Waals surface area contributed by atoms with Crippen LogP contribution in [0.25, 0.3) is 0 Å². The second-order valence-corrected chi connectivity index (χ2v) is 6.36. The minimum Gasteiger partial charge on any atom is -0.482 e. The molecular formula is C20H18ClFN2O2. The fourth-order valence-corrected chi connectivity index (χ4v) is 2.97. The zero-order valence-electron chi connectivity index (χ0n) is 14.5. The minimum atomic E-state index is -0.267. The van der Waals surface area contributed by atoms with E-state index in [1.165, 1.54) is 12.1 Å². The van der Waals surface area contributed by atoms with Crippen LogP contribution >= 0.6 is 11.6 Å². The van der Waals surface area contributed by atoms with Crippen molar-refractivity contribution in [1.82, 2.24) is 9.55 Å². The van der Waals surface area contributed by atoms with Crippen molar-refractivity contribution in [3.63, 3.8) is 0 Å². The molecule has 0 saturated carbocycles. The Morgan fingerprint density at radius 2 is 1.96 bits per heavy atom. The number of Topliss-reactive ketones (excluding diaryl/α,β-unsaturated/α-hetero) is 1. The first-order valence-electron chi connectivity index (χ1n) is 8.13. The summed E-state index contributed by atoms with van der Waals surface area (Å²) in [5.74, 6) is -0.0252. The smallest absolute Gasteiger partial charge is 0.202 e. The molecule has 2 aromatic heterocycles. The van der Waals surface area contributed by atoms with E-state index in [2.05, 4.69) is 4.98 Å². The van der Waals surface area contributed by atoms with Crippen molar-refractivity contribution in [2.24, 2.45) is 0 Å². The van der Waals surface area contributed by atoms with E-state index < -0.39 is 0 Å². The van der Waals surface area contributed by atoms with Crippen LogP contribution < -0.4 is 4.74 Å². The normalized spacial score (nSPS) is 10.8. The first kappa shape index (κ1) is 18.1. The average Bonchev–Trinajstić information content (AvgIpc) is 2.91. The summed E-state index contributed by atoms with van der Waals surface area (Å²) in [7, 11) is 0. The molecule has 0 aliphatic rings. The van der Waals surface area contributed by atoms with Gasteiger partial charge in [-0.2, -0.15) is 0 Å². The van der Waals surface area contributed by atoms with E-state index in [-0.39, 0.29) is 23.4 Å². The number of nitrogens with zero attached hydrogens (tertiary/aromatic N) is 2. The third-order valence-corrected chi connectivity index (χ3v) is 4.50. The molecule has 0 saturated heterocycles. The molecule has 0 bridgehead atoms. The summed E-state index contributed by atoms with van der Waals surface area (Å²) in [6, 6.07) is 11.5. The highest BCUT2D eigenvalue weighted by Crippen LogP contribution is 2.22. The molecule has 4 nitrogen and oxygen atoms in total. The Morgan fingerprint density at radius 1 is 1.23 bits per heavy atom. The SMILES string of the molecule is Cc1cc(C(=O)COc2cccnc2Cl)c(C)n1Cc1ccc(F)cc1. The second-order valence-electron chi connectivity index (χ2n) is 6.00. The van der Waals surface area contributed by atoms with E-state index in [4.69, 9.17) is 16.3 Å². The Morgan fingerprint density at radius 3 is 2.65 bits per heavy atom. The summed E-state index contributed by atoms with van der Waals surface area (Å²) in [4.78, 5) is 16.5. The largest absolute Gasteiger partial charge is 0.482 e. The molecule has 2 heterocycles. The van der Waals surface area contributed by atoms with E-state index in [1.807, 2.05) is 24.5 Å².